The number of pyridine rings is 1. The van der Waals surface area contributed by atoms with E-state index in [0.717, 1.165) is 54.7 Å². The Morgan fingerprint density at radius 1 is 0.912 bits per heavy atom. The average molecular weight is 468 g/mol. The van der Waals surface area contributed by atoms with Crippen LogP contribution in [0, 0.1) is 11.8 Å². The Bertz CT molecular complexity index is 782. The molecule has 1 aliphatic rings. The van der Waals surface area contributed by atoms with E-state index in [9.17, 15) is 0 Å². The Labute approximate surface area is 207 Å². The van der Waals surface area contributed by atoms with Crippen LogP contribution in [0.5, 0.6) is 5.75 Å². The molecule has 0 unspecified atom stereocenters. The van der Waals surface area contributed by atoms with Crippen LogP contribution in [0.1, 0.15) is 96.8 Å². The second-order valence-corrected chi connectivity index (χ2v) is 9.93. The van der Waals surface area contributed by atoms with Crippen molar-refractivity contribution < 1.29 is 14.2 Å². The van der Waals surface area contributed by atoms with Crippen molar-refractivity contribution in [3.05, 3.63) is 48.2 Å². The molecule has 3 rings (SSSR count). The fourth-order valence-corrected chi connectivity index (χ4v) is 4.38. The number of hydrogen-bond acceptors (Lipinski definition) is 4. The third kappa shape index (κ3) is 9.03. The molecule has 0 aliphatic carbocycles. The van der Waals surface area contributed by atoms with E-state index in [0.29, 0.717) is 5.92 Å². The molecule has 34 heavy (non-hydrogen) atoms. The molecule has 0 spiro atoms. The van der Waals surface area contributed by atoms with E-state index >= 15 is 0 Å². The van der Waals surface area contributed by atoms with E-state index in [1.165, 1.54) is 57.8 Å². The highest BCUT2D eigenvalue weighted by Crippen LogP contribution is 2.28. The molecule has 1 aliphatic heterocycles. The maximum Gasteiger partial charge on any atom is 0.185 e. The Kier molecular flexibility index (Phi) is 11.9. The lowest BCUT2D eigenvalue weighted by Gasteiger charge is -2.29. The highest BCUT2D eigenvalue weighted by molar-refractivity contribution is 5.60. The molecule has 0 bridgehead atoms. The molecule has 1 atom stereocenters. The third-order valence-corrected chi connectivity index (χ3v) is 6.95. The van der Waals surface area contributed by atoms with Gasteiger partial charge in [-0.15, -0.1) is 0 Å². The first-order valence-electron chi connectivity index (χ1n) is 13.6. The molecular weight excluding hydrogens is 422 g/mol. The lowest BCUT2D eigenvalue weighted by Crippen LogP contribution is -2.27. The zero-order chi connectivity index (χ0) is 24.0. The van der Waals surface area contributed by atoms with Crippen molar-refractivity contribution >= 4 is 0 Å². The van der Waals surface area contributed by atoms with Crippen LogP contribution in [0.2, 0.25) is 0 Å². The summed E-state index contributed by atoms with van der Waals surface area (Å²) in [5, 5.41) is 0. The zero-order valence-corrected chi connectivity index (χ0v) is 21.6. The minimum atomic E-state index is -0.298. The van der Waals surface area contributed by atoms with Crippen LogP contribution in [0.25, 0.3) is 11.3 Å². The first-order chi connectivity index (χ1) is 16.7. The van der Waals surface area contributed by atoms with Gasteiger partial charge in [0.25, 0.3) is 0 Å². The molecule has 1 fully saturated rings. The zero-order valence-electron chi connectivity index (χ0n) is 21.6. The topological polar surface area (TPSA) is 40.6 Å². The summed E-state index contributed by atoms with van der Waals surface area (Å²) in [7, 11) is 0. The van der Waals surface area contributed by atoms with Crippen molar-refractivity contribution in [2.75, 3.05) is 19.8 Å². The molecule has 188 valence electrons. The Balaban J connectivity index is 1.38. The summed E-state index contributed by atoms with van der Waals surface area (Å²) in [5.74, 6) is 2.21. The SMILES string of the molecule is CCCCCCCC[C@H]1CO[C@H](c2ccc(-c3ccc(OCCC[C@@H](C)CC)cc3)nc2)OC1. The van der Waals surface area contributed by atoms with Crippen LogP contribution in [-0.4, -0.2) is 24.8 Å². The molecule has 1 aromatic carbocycles. The number of rotatable bonds is 15. The van der Waals surface area contributed by atoms with Crippen LogP contribution >= 0.6 is 0 Å². The van der Waals surface area contributed by atoms with Crippen LogP contribution < -0.4 is 4.74 Å². The quantitative estimate of drug-likeness (QED) is 0.247. The standard InChI is InChI=1S/C30H45NO3/c1-4-6-7-8-9-10-13-25-22-33-30(34-23-25)27-16-19-29(31-21-27)26-14-17-28(18-15-26)32-20-11-12-24(3)5-2/h14-19,21,24-25,30H,4-13,20,22-23H2,1-3H3/t24-,25-,30-/m0/s1. The van der Waals surface area contributed by atoms with Gasteiger partial charge in [0.05, 0.1) is 25.5 Å². The van der Waals surface area contributed by atoms with Crippen molar-refractivity contribution in [3.8, 4) is 17.0 Å². The van der Waals surface area contributed by atoms with E-state index in [-0.39, 0.29) is 6.29 Å². The first-order valence-corrected chi connectivity index (χ1v) is 13.6. The second-order valence-electron chi connectivity index (χ2n) is 9.93. The summed E-state index contributed by atoms with van der Waals surface area (Å²) in [6, 6.07) is 12.3. The number of aromatic nitrogens is 1. The Hall–Kier alpha value is -1.91. The summed E-state index contributed by atoms with van der Waals surface area (Å²) in [4.78, 5) is 4.66. The summed E-state index contributed by atoms with van der Waals surface area (Å²) < 4.78 is 17.9. The van der Waals surface area contributed by atoms with Crippen molar-refractivity contribution in [1.29, 1.82) is 0 Å². The fraction of sp³-hybridized carbons (Fsp3) is 0.633. The number of nitrogens with zero attached hydrogens (tertiary/aromatic N) is 1. The van der Waals surface area contributed by atoms with Crippen molar-refractivity contribution in [3.63, 3.8) is 0 Å². The number of benzene rings is 1. The van der Waals surface area contributed by atoms with Gasteiger partial charge in [0, 0.05) is 23.2 Å². The van der Waals surface area contributed by atoms with E-state index in [2.05, 4.69) is 44.0 Å². The van der Waals surface area contributed by atoms with E-state index in [1.54, 1.807) is 0 Å². The van der Waals surface area contributed by atoms with E-state index in [4.69, 9.17) is 14.2 Å². The maximum absolute atomic E-state index is 6.02. The number of ether oxygens (including phenoxy) is 3. The van der Waals surface area contributed by atoms with Gasteiger partial charge in [-0.1, -0.05) is 71.8 Å². The number of hydrogen-bond donors (Lipinski definition) is 0. The summed E-state index contributed by atoms with van der Waals surface area (Å²) in [6.45, 7) is 9.14. The third-order valence-electron chi connectivity index (χ3n) is 6.95. The summed E-state index contributed by atoms with van der Waals surface area (Å²) in [6.07, 6.45) is 14.4. The molecule has 2 aromatic rings. The van der Waals surface area contributed by atoms with Gasteiger partial charge in [-0.25, -0.2) is 0 Å². The van der Waals surface area contributed by atoms with E-state index in [1.807, 2.05) is 24.4 Å². The Morgan fingerprint density at radius 2 is 1.65 bits per heavy atom. The fourth-order valence-electron chi connectivity index (χ4n) is 4.38. The lowest BCUT2D eigenvalue weighted by atomic mass is 10.0. The Morgan fingerprint density at radius 3 is 2.32 bits per heavy atom. The molecule has 1 aromatic heterocycles. The van der Waals surface area contributed by atoms with Gasteiger partial charge in [0.1, 0.15) is 5.75 Å². The normalized spacial score (nSPS) is 19.1. The van der Waals surface area contributed by atoms with Crippen molar-refractivity contribution in [1.82, 2.24) is 4.98 Å². The first kappa shape index (κ1) is 26.7. The maximum atomic E-state index is 6.02. The predicted octanol–water partition coefficient (Wildman–Crippen LogP) is 8.37. The largest absolute Gasteiger partial charge is 0.494 e. The number of unbranched alkanes of at least 4 members (excludes halogenated alkanes) is 5. The second kappa shape index (κ2) is 15.2. The van der Waals surface area contributed by atoms with Gasteiger partial charge in [-0.2, -0.15) is 0 Å². The van der Waals surface area contributed by atoms with E-state index < -0.39 is 0 Å². The lowest BCUT2D eigenvalue weighted by molar-refractivity contribution is -0.206. The predicted molar refractivity (Wildman–Crippen MR) is 140 cm³/mol. The monoisotopic (exact) mass is 467 g/mol. The van der Waals surface area contributed by atoms with Gasteiger partial charge >= 0.3 is 0 Å². The minimum absolute atomic E-state index is 0.298. The summed E-state index contributed by atoms with van der Waals surface area (Å²) >= 11 is 0. The molecule has 1 saturated heterocycles. The van der Waals surface area contributed by atoms with Crippen molar-refractivity contribution in [2.45, 2.75) is 91.3 Å². The molecule has 0 N–H and O–H groups in total. The van der Waals surface area contributed by atoms with Crippen LogP contribution in [0.4, 0.5) is 0 Å². The van der Waals surface area contributed by atoms with Gasteiger partial charge in [-0.05, 0) is 55.5 Å². The smallest absolute Gasteiger partial charge is 0.185 e. The highest BCUT2D eigenvalue weighted by atomic mass is 16.7. The van der Waals surface area contributed by atoms with Gasteiger partial charge in [-0.3, -0.25) is 4.98 Å². The van der Waals surface area contributed by atoms with Crippen LogP contribution in [0.3, 0.4) is 0 Å². The highest BCUT2D eigenvalue weighted by Gasteiger charge is 2.23. The van der Waals surface area contributed by atoms with Gasteiger partial charge < -0.3 is 14.2 Å². The van der Waals surface area contributed by atoms with Crippen LogP contribution in [-0.2, 0) is 9.47 Å². The van der Waals surface area contributed by atoms with Crippen LogP contribution in [0.15, 0.2) is 42.6 Å². The average Bonchev–Trinajstić information content (AvgIpc) is 2.89. The van der Waals surface area contributed by atoms with Gasteiger partial charge in [0.15, 0.2) is 6.29 Å². The molecule has 2 heterocycles. The molecule has 0 amide bonds. The summed E-state index contributed by atoms with van der Waals surface area (Å²) in [5.41, 5.74) is 3.02. The molecule has 4 nitrogen and oxygen atoms in total. The molecular formula is C30H45NO3. The molecule has 4 heteroatoms. The molecule has 0 saturated carbocycles. The van der Waals surface area contributed by atoms with Crippen molar-refractivity contribution in [2.24, 2.45) is 11.8 Å². The molecule has 0 radical (unpaired) electrons. The van der Waals surface area contributed by atoms with Gasteiger partial charge in [0.2, 0.25) is 0 Å². The minimum Gasteiger partial charge on any atom is -0.494 e.